The Labute approximate surface area is 98.0 Å². The predicted octanol–water partition coefficient (Wildman–Crippen LogP) is 2.82. The van der Waals surface area contributed by atoms with Gasteiger partial charge in [0.05, 0.1) is 12.2 Å². The molecule has 1 aliphatic rings. The van der Waals surface area contributed by atoms with Crippen LogP contribution < -0.4 is 5.32 Å². The van der Waals surface area contributed by atoms with E-state index >= 15 is 0 Å². The van der Waals surface area contributed by atoms with Gasteiger partial charge >= 0.3 is 0 Å². The van der Waals surface area contributed by atoms with Crippen LogP contribution in [0.2, 0.25) is 0 Å². The van der Waals surface area contributed by atoms with Gasteiger partial charge in [-0.15, -0.1) is 0 Å². The van der Waals surface area contributed by atoms with E-state index in [1.807, 2.05) is 7.05 Å². The SMILES string of the molecule is CNCC(OC1CCC1)c1ccc(C)cc1. The molecule has 1 aromatic carbocycles. The molecule has 0 aliphatic heterocycles. The topological polar surface area (TPSA) is 21.3 Å². The summed E-state index contributed by atoms with van der Waals surface area (Å²) in [6.07, 6.45) is 4.47. The molecule has 88 valence electrons. The Morgan fingerprint density at radius 2 is 2.00 bits per heavy atom. The molecule has 0 aromatic heterocycles. The summed E-state index contributed by atoms with van der Waals surface area (Å²) in [6.45, 7) is 3.00. The number of ether oxygens (including phenoxy) is 1. The monoisotopic (exact) mass is 219 g/mol. The summed E-state index contributed by atoms with van der Waals surface area (Å²) >= 11 is 0. The van der Waals surface area contributed by atoms with Crippen molar-refractivity contribution in [3.05, 3.63) is 35.4 Å². The predicted molar refractivity (Wildman–Crippen MR) is 66.6 cm³/mol. The van der Waals surface area contributed by atoms with E-state index in [9.17, 15) is 0 Å². The molecule has 0 spiro atoms. The Bertz CT molecular complexity index is 316. The van der Waals surface area contributed by atoms with Crippen LogP contribution in [0.15, 0.2) is 24.3 Å². The van der Waals surface area contributed by atoms with Crippen molar-refractivity contribution in [1.82, 2.24) is 5.32 Å². The van der Waals surface area contributed by atoms with Gasteiger partial charge in [-0.1, -0.05) is 29.8 Å². The van der Waals surface area contributed by atoms with E-state index in [-0.39, 0.29) is 6.10 Å². The third-order valence-electron chi connectivity index (χ3n) is 3.25. The Morgan fingerprint density at radius 3 is 2.50 bits per heavy atom. The zero-order valence-electron chi connectivity index (χ0n) is 10.2. The van der Waals surface area contributed by atoms with E-state index < -0.39 is 0 Å². The van der Waals surface area contributed by atoms with Gasteiger partial charge in [-0.2, -0.15) is 0 Å². The summed E-state index contributed by atoms with van der Waals surface area (Å²) in [7, 11) is 1.98. The lowest BCUT2D eigenvalue weighted by Crippen LogP contribution is -2.28. The van der Waals surface area contributed by atoms with E-state index in [2.05, 4.69) is 36.5 Å². The summed E-state index contributed by atoms with van der Waals surface area (Å²) in [4.78, 5) is 0. The number of aryl methyl sites for hydroxylation is 1. The Kier molecular flexibility index (Phi) is 3.97. The normalized spacial score (nSPS) is 18.1. The van der Waals surface area contributed by atoms with Gasteiger partial charge < -0.3 is 10.1 Å². The molecule has 1 unspecified atom stereocenters. The molecule has 2 heteroatoms. The van der Waals surface area contributed by atoms with Gasteiger partial charge in [0, 0.05) is 6.54 Å². The van der Waals surface area contributed by atoms with E-state index in [0.717, 1.165) is 6.54 Å². The second kappa shape index (κ2) is 5.46. The van der Waals surface area contributed by atoms with Gasteiger partial charge in [0.1, 0.15) is 0 Å². The first kappa shape index (κ1) is 11.6. The highest BCUT2D eigenvalue weighted by Crippen LogP contribution is 2.28. The third-order valence-corrected chi connectivity index (χ3v) is 3.25. The number of hydrogen-bond acceptors (Lipinski definition) is 2. The maximum absolute atomic E-state index is 6.09. The fourth-order valence-electron chi connectivity index (χ4n) is 1.95. The van der Waals surface area contributed by atoms with Crippen LogP contribution >= 0.6 is 0 Å². The maximum atomic E-state index is 6.09. The van der Waals surface area contributed by atoms with Gasteiger partial charge in [0.25, 0.3) is 0 Å². The van der Waals surface area contributed by atoms with E-state index in [4.69, 9.17) is 4.74 Å². The largest absolute Gasteiger partial charge is 0.369 e. The molecular formula is C14H21NO. The second-order valence-electron chi connectivity index (χ2n) is 4.65. The first-order valence-corrected chi connectivity index (χ1v) is 6.16. The quantitative estimate of drug-likeness (QED) is 0.822. The molecule has 0 bridgehead atoms. The highest BCUT2D eigenvalue weighted by atomic mass is 16.5. The molecule has 1 fully saturated rings. The lowest BCUT2D eigenvalue weighted by Gasteiger charge is -2.30. The number of hydrogen-bond donors (Lipinski definition) is 1. The van der Waals surface area contributed by atoms with Gasteiger partial charge in [0.2, 0.25) is 0 Å². The van der Waals surface area contributed by atoms with Crippen molar-refractivity contribution < 1.29 is 4.74 Å². The van der Waals surface area contributed by atoms with Crippen molar-refractivity contribution in [3.63, 3.8) is 0 Å². The summed E-state index contributed by atoms with van der Waals surface area (Å²) in [5, 5.41) is 3.21. The van der Waals surface area contributed by atoms with Crippen molar-refractivity contribution in [2.45, 2.75) is 38.4 Å². The first-order valence-electron chi connectivity index (χ1n) is 6.16. The molecule has 0 radical (unpaired) electrons. The van der Waals surface area contributed by atoms with Gasteiger partial charge in [-0.05, 0) is 38.8 Å². The van der Waals surface area contributed by atoms with Crippen LogP contribution in [-0.4, -0.2) is 19.7 Å². The Morgan fingerprint density at radius 1 is 1.31 bits per heavy atom. The van der Waals surface area contributed by atoms with Crippen molar-refractivity contribution in [2.75, 3.05) is 13.6 Å². The molecule has 1 N–H and O–H groups in total. The van der Waals surface area contributed by atoms with E-state index in [0.29, 0.717) is 6.10 Å². The molecule has 1 saturated carbocycles. The second-order valence-corrected chi connectivity index (χ2v) is 4.65. The summed E-state index contributed by atoms with van der Waals surface area (Å²) in [6, 6.07) is 8.66. The van der Waals surface area contributed by atoms with Gasteiger partial charge in [0.15, 0.2) is 0 Å². The molecule has 0 heterocycles. The Balaban J connectivity index is 2.01. The number of rotatable bonds is 5. The summed E-state index contributed by atoms with van der Waals surface area (Å²) < 4.78 is 6.09. The smallest absolute Gasteiger partial charge is 0.0952 e. The van der Waals surface area contributed by atoms with Gasteiger partial charge in [-0.3, -0.25) is 0 Å². The first-order chi connectivity index (χ1) is 7.79. The highest BCUT2D eigenvalue weighted by molar-refractivity contribution is 5.23. The van der Waals surface area contributed by atoms with Crippen LogP contribution in [0.1, 0.15) is 36.5 Å². The van der Waals surface area contributed by atoms with Crippen LogP contribution in [-0.2, 0) is 4.74 Å². The fourth-order valence-corrected chi connectivity index (χ4v) is 1.95. The molecule has 1 aliphatic carbocycles. The number of benzene rings is 1. The van der Waals surface area contributed by atoms with E-state index in [1.54, 1.807) is 0 Å². The molecule has 0 saturated heterocycles. The number of likely N-dealkylation sites (N-methyl/N-ethyl adjacent to an activating group) is 1. The Hall–Kier alpha value is -0.860. The minimum Gasteiger partial charge on any atom is -0.369 e. The van der Waals surface area contributed by atoms with Crippen LogP contribution in [0.3, 0.4) is 0 Å². The third kappa shape index (κ3) is 2.83. The molecule has 2 rings (SSSR count). The van der Waals surface area contributed by atoms with Crippen LogP contribution in [0.5, 0.6) is 0 Å². The van der Waals surface area contributed by atoms with Crippen LogP contribution in [0.25, 0.3) is 0 Å². The average molecular weight is 219 g/mol. The zero-order valence-corrected chi connectivity index (χ0v) is 10.2. The maximum Gasteiger partial charge on any atom is 0.0952 e. The van der Waals surface area contributed by atoms with Gasteiger partial charge in [-0.25, -0.2) is 0 Å². The van der Waals surface area contributed by atoms with Crippen molar-refractivity contribution in [3.8, 4) is 0 Å². The molecule has 1 aromatic rings. The lowest BCUT2D eigenvalue weighted by molar-refractivity contribution is -0.0513. The highest BCUT2D eigenvalue weighted by Gasteiger charge is 2.23. The lowest BCUT2D eigenvalue weighted by atomic mass is 9.95. The van der Waals surface area contributed by atoms with Crippen LogP contribution in [0, 0.1) is 6.92 Å². The van der Waals surface area contributed by atoms with E-state index in [1.165, 1.54) is 30.4 Å². The molecule has 2 nitrogen and oxygen atoms in total. The molecular weight excluding hydrogens is 198 g/mol. The zero-order chi connectivity index (χ0) is 11.4. The fraction of sp³-hybridized carbons (Fsp3) is 0.571. The molecule has 16 heavy (non-hydrogen) atoms. The standard InChI is InChI=1S/C14H21NO/c1-11-6-8-12(9-7-11)14(10-15-2)16-13-4-3-5-13/h6-9,13-15H,3-5,10H2,1-2H3. The number of nitrogens with one attached hydrogen (secondary N) is 1. The summed E-state index contributed by atoms with van der Waals surface area (Å²) in [5.41, 5.74) is 2.59. The summed E-state index contributed by atoms with van der Waals surface area (Å²) in [5.74, 6) is 0. The minimum absolute atomic E-state index is 0.205. The molecule has 0 amide bonds. The average Bonchev–Trinajstić information content (AvgIpc) is 2.23. The molecule has 1 atom stereocenters. The van der Waals surface area contributed by atoms with Crippen molar-refractivity contribution in [1.29, 1.82) is 0 Å². The van der Waals surface area contributed by atoms with Crippen LogP contribution in [0.4, 0.5) is 0 Å². The minimum atomic E-state index is 0.205. The van der Waals surface area contributed by atoms with Crippen molar-refractivity contribution in [2.24, 2.45) is 0 Å². The van der Waals surface area contributed by atoms with Crippen molar-refractivity contribution >= 4 is 0 Å².